The van der Waals surface area contributed by atoms with Crippen LogP contribution in [-0.4, -0.2) is 6.18 Å². The fourth-order valence-corrected chi connectivity index (χ4v) is 2.33. The monoisotopic (exact) mass is 342 g/mol. The maximum Gasteiger partial charge on any atom is 0.426 e. The summed E-state index contributed by atoms with van der Waals surface area (Å²) in [4.78, 5) is 0. The molecule has 0 amide bonds. The zero-order valence-corrected chi connectivity index (χ0v) is 11.7. The van der Waals surface area contributed by atoms with Crippen LogP contribution in [0.4, 0.5) is 13.2 Å². The molecule has 20 heavy (non-hydrogen) atoms. The number of hydrazine groups is 1. The summed E-state index contributed by atoms with van der Waals surface area (Å²) in [6.45, 7) is 0. The molecule has 1 aliphatic heterocycles. The van der Waals surface area contributed by atoms with Gasteiger partial charge in [-0.15, -0.1) is 0 Å². The number of nitrogens with one attached hydrogen (secondary N) is 2. The van der Waals surface area contributed by atoms with Crippen LogP contribution in [0.1, 0.15) is 5.56 Å². The van der Waals surface area contributed by atoms with Crippen molar-refractivity contribution in [1.29, 1.82) is 0 Å². The lowest BCUT2D eigenvalue weighted by atomic mass is 9.99. The molecule has 2 N–H and O–H groups in total. The van der Waals surface area contributed by atoms with Crippen LogP contribution in [0.5, 0.6) is 0 Å². The third-order valence-electron chi connectivity index (χ3n) is 3.30. The smallest absolute Gasteiger partial charge is 0.223 e. The van der Waals surface area contributed by atoms with Crippen LogP contribution in [0.3, 0.4) is 0 Å². The number of hydrogen-bond acceptors (Lipinski definition) is 2. The molecule has 0 unspecified atom stereocenters. The van der Waals surface area contributed by atoms with Gasteiger partial charge in [-0.05, 0) is 28.8 Å². The lowest BCUT2D eigenvalue weighted by Crippen LogP contribution is -2.34. The molecule has 3 rings (SSSR count). The molecule has 0 saturated carbocycles. The zero-order valence-electron chi connectivity index (χ0n) is 10.1. The molecule has 104 valence electrons. The van der Waals surface area contributed by atoms with Crippen molar-refractivity contribution in [2.24, 2.45) is 0 Å². The number of halogens is 4. The molecule has 0 atom stereocenters. The lowest BCUT2D eigenvalue weighted by Gasteiger charge is -2.16. The topological polar surface area (TPSA) is 43.9 Å². The first-order valence-electron chi connectivity index (χ1n) is 5.90. The Labute approximate surface area is 122 Å². The fourth-order valence-electron chi connectivity index (χ4n) is 2.07. The standard InChI is InChI=1S/C14H10BrF3N2/c15-12-7-3-10(4-8-12)9-1-5-11(6-2-9)13(19-20-13)14(16,17)18/h1-8,19-20H. The quantitative estimate of drug-likeness (QED) is 0.812. The van der Waals surface area contributed by atoms with E-state index in [0.29, 0.717) is 0 Å². The Hall–Kier alpha value is -1.37. The summed E-state index contributed by atoms with van der Waals surface area (Å²) in [5, 5.41) is 0. The highest BCUT2D eigenvalue weighted by molar-refractivity contribution is 9.10. The van der Waals surface area contributed by atoms with Crippen LogP contribution in [-0.2, 0) is 5.66 Å². The van der Waals surface area contributed by atoms with Crippen molar-refractivity contribution >= 4 is 15.9 Å². The minimum Gasteiger partial charge on any atom is -0.223 e. The van der Waals surface area contributed by atoms with Crippen LogP contribution in [0.25, 0.3) is 11.1 Å². The predicted octanol–water partition coefficient (Wildman–Crippen LogP) is 3.94. The Morgan fingerprint density at radius 3 is 1.65 bits per heavy atom. The van der Waals surface area contributed by atoms with Crippen LogP contribution >= 0.6 is 15.9 Å². The molecule has 0 aromatic heterocycles. The Morgan fingerprint density at radius 1 is 0.800 bits per heavy atom. The van der Waals surface area contributed by atoms with Gasteiger partial charge >= 0.3 is 6.18 Å². The molecule has 0 bridgehead atoms. The molecular weight excluding hydrogens is 333 g/mol. The van der Waals surface area contributed by atoms with E-state index >= 15 is 0 Å². The molecule has 0 radical (unpaired) electrons. The lowest BCUT2D eigenvalue weighted by molar-refractivity contribution is -0.165. The van der Waals surface area contributed by atoms with Gasteiger partial charge < -0.3 is 0 Å². The van der Waals surface area contributed by atoms with E-state index in [-0.39, 0.29) is 5.56 Å². The number of alkyl halides is 3. The first kappa shape index (κ1) is 13.6. The van der Waals surface area contributed by atoms with E-state index in [1.165, 1.54) is 12.1 Å². The molecule has 6 heteroatoms. The summed E-state index contributed by atoms with van der Waals surface area (Å²) in [5.74, 6) is 0. The molecular formula is C14H10BrF3N2. The van der Waals surface area contributed by atoms with Crippen molar-refractivity contribution in [2.45, 2.75) is 11.8 Å². The van der Waals surface area contributed by atoms with Crippen molar-refractivity contribution in [3.63, 3.8) is 0 Å². The van der Waals surface area contributed by atoms with Crippen molar-refractivity contribution in [1.82, 2.24) is 10.9 Å². The molecule has 2 aromatic carbocycles. The van der Waals surface area contributed by atoms with E-state index in [9.17, 15) is 13.2 Å². The summed E-state index contributed by atoms with van der Waals surface area (Å²) >= 11 is 3.34. The molecule has 1 saturated heterocycles. The summed E-state index contributed by atoms with van der Waals surface area (Å²) < 4.78 is 39.7. The van der Waals surface area contributed by atoms with Gasteiger partial charge in [-0.2, -0.15) is 13.2 Å². The highest BCUT2D eigenvalue weighted by Crippen LogP contribution is 2.42. The second-order valence-corrected chi connectivity index (χ2v) is 5.50. The molecule has 2 nitrogen and oxygen atoms in total. The van der Waals surface area contributed by atoms with E-state index < -0.39 is 11.8 Å². The predicted molar refractivity (Wildman–Crippen MR) is 73.6 cm³/mol. The Morgan fingerprint density at radius 2 is 1.25 bits per heavy atom. The summed E-state index contributed by atoms with van der Waals surface area (Å²) in [7, 11) is 0. The Balaban J connectivity index is 1.91. The summed E-state index contributed by atoms with van der Waals surface area (Å²) in [5.41, 5.74) is 4.28. The average Bonchev–Trinajstić information content (AvgIpc) is 3.21. The van der Waals surface area contributed by atoms with E-state index in [2.05, 4.69) is 26.8 Å². The Kier molecular flexibility index (Phi) is 3.12. The summed E-state index contributed by atoms with van der Waals surface area (Å²) in [6.07, 6.45) is -4.37. The molecule has 2 aromatic rings. The minimum atomic E-state index is -4.37. The van der Waals surface area contributed by atoms with E-state index in [1.54, 1.807) is 12.1 Å². The van der Waals surface area contributed by atoms with E-state index in [1.807, 2.05) is 24.3 Å². The van der Waals surface area contributed by atoms with Crippen molar-refractivity contribution in [2.75, 3.05) is 0 Å². The minimum absolute atomic E-state index is 0.158. The zero-order chi connectivity index (χ0) is 14.4. The first-order chi connectivity index (χ1) is 9.42. The highest BCUT2D eigenvalue weighted by Gasteiger charge is 2.65. The number of hydrogen-bond donors (Lipinski definition) is 2. The van der Waals surface area contributed by atoms with Crippen LogP contribution in [0.15, 0.2) is 53.0 Å². The van der Waals surface area contributed by atoms with Gasteiger partial charge in [0.15, 0.2) is 0 Å². The first-order valence-corrected chi connectivity index (χ1v) is 6.69. The largest absolute Gasteiger partial charge is 0.426 e. The molecule has 0 aliphatic carbocycles. The van der Waals surface area contributed by atoms with E-state index in [0.717, 1.165) is 15.6 Å². The van der Waals surface area contributed by atoms with Gasteiger partial charge in [-0.3, -0.25) is 0 Å². The third kappa shape index (κ3) is 2.24. The van der Waals surface area contributed by atoms with Crippen molar-refractivity contribution in [3.8, 4) is 11.1 Å². The van der Waals surface area contributed by atoms with Gasteiger partial charge in [0, 0.05) is 4.47 Å². The van der Waals surface area contributed by atoms with Gasteiger partial charge in [0.05, 0.1) is 0 Å². The van der Waals surface area contributed by atoms with Gasteiger partial charge in [0.25, 0.3) is 0 Å². The maximum absolute atomic E-state index is 12.9. The maximum atomic E-state index is 12.9. The summed E-state index contributed by atoms with van der Waals surface area (Å²) in [6, 6.07) is 13.9. The molecule has 1 heterocycles. The van der Waals surface area contributed by atoms with Crippen LogP contribution < -0.4 is 10.9 Å². The van der Waals surface area contributed by atoms with Gasteiger partial charge in [0.2, 0.25) is 5.66 Å². The second-order valence-electron chi connectivity index (χ2n) is 4.58. The van der Waals surface area contributed by atoms with Gasteiger partial charge in [-0.25, -0.2) is 10.9 Å². The molecule has 1 aliphatic rings. The highest BCUT2D eigenvalue weighted by atomic mass is 79.9. The number of rotatable bonds is 2. The molecule has 1 fully saturated rings. The van der Waals surface area contributed by atoms with Gasteiger partial charge in [0.1, 0.15) is 0 Å². The normalized spacial score (nSPS) is 17.0. The van der Waals surface area contributed by atoms with Gasteiger partial charge in [-0.1, -0.05) is 52.3 Å². The molecule has 0 spiro atoms. The van der Waals surface area contributed by atoms with Crippen molar-refractivity contribution < 1.29 is 13.2 Å². The average molecular weight is 343 g/mol. The van der Waals surface area contributed by atoms with Crippen LogP contribution in [0.2, 0.25) is 0 Å². The van der Waals surface area contributed by atoms with E-state index in [4.69, 9.17) is 0 Å². The SMILES string of the molecule is FC(F)(F)C1(c2ccc(-c3ccc(Br)cc3)cc2)NN1. The second kappa shape index (κ2) is 4.58. The van der Waals surface area contributed by atoms with Crippen LogP contribution in [0, 0.1) is 0 Å². The number of benzene rings is 2. The third-order valence-corrected chi connectivity index (χ3v) is 3.82. The fraction of sp³-hybridized carbons (Fsp3) is 0.143. The van der Waals surface area contributed by atoms with Crippen molar-refractivity contribution in [3.05, 3.63) is 58.6 Å². The Bertz CT molecular complexity index is 616.